The Hall–Kier alpha value is -2.90. The fraction of sp³-hybridized carbons (Fsp3) is 0.350. The molecule has 0 fully saturated rings. The van der Waals surface area contributed by atoms with Gasteiger partial charge in [-0.15, -0.1) is 0 Å². The third-order valence-electron chi connectivity index (χ3n) is 4.68. The van der Waals surface area contributed by atoms with Gasteiger partial charge in [0.25, 0.3) is 0 Å². The van der Waals surface area contributed by atoms with Gasteiger partial charge in [-0.2, -0.15) is 13.2 Å². The number of nitrogen functional groups attached to an aromatic ring is 1. The van der Waals surface area contributed by atoms with E-state index in [0.717, 1.165) is 31.0 Å². The molecule has 0 aliphatic heterocycles. The van der Waals surface area contributed by atoms with Crippen LogP contribution < -0.4 is 11.5 Å². The third kappa shape index (κ3) is 4.16. The van der Waals surface area contributed by atoms with Gasteiger partial charge < -0.3 is 22.3 Å². The largest absolute Gasteiger partial charge is 0.431 e. The van der Waals surface area contributed by atoms with Crippen molar-refractivity contribution in [3.63, 3.8) is 0 Å². The van der Waals surface area contributed by atoms with Gasteiger partial charge in [-0.05, 0) is 43.0 Å². The van der Waals surface area contributed by atoms with Gasteiger partial charge in [0, 0.05) is 34.6 Å². The molecule has 0 amide bonds. The maximum atomic E-state index is 13.1. The molecule has 5 nitrogen and oxygen atoms in total. The summed E-state index contributed by atoms with van der Waals surface area (Å²) in [7, 11) is 0. The van der Waals surface area contributed by atoms with E-state index in [1.54, 1.807) is 13.0 Å². The van der Waals surface area contributed by atoms with Crippen LogP contribution >= 0.6 is 0 Å². The summed E-state index contributed by atoms with van der Waals surface area (Å²) in [5, 5.41) is 15.9. The molecule has 0 aliphatic carbocycles. The Morgan fingerprint density at radius 3 is 2.43 bits per heavy atom. The van der Waals surface area contributed by atoms with Gasteiger partial charge in [-0.3, -0.25) is 0 Å². The Kier molecular flexibility index (Phi) is 6.43. The smallest absolute Gasteiger partial charge is 0.398 e. The summed E-state index contributed by atoms with van der Waals surface area (Å²) in [5.74, 6) is 0. The molecule has 6 N–H and O–H groups in total. The molecule has 8 heteroatoms. The molecule has 0 radical (unpaired) electrons. The molecule has 150 valence electrons. The molecule has 0 saturated carbocycles. The summed E-state index contributed by atoms with van der Waals surface area (Å²) in [6, 6.07) is 3.22. The van der Waals surface area contributed by atoms with E-state index in [2.05, 4.69) is 11.9 Å². The lowest BCUT2D eigenvalue weighted by molar-refractivity contribution is -0.0919. The van der Waals surface area contributed by atoms with Crippen LogP contribution in [0, 0.1) is 17.7 Å². The Labute approximate surface area is 161 Å². The standard InChI is InChI=1S/C20H24F3N5/c1-3-4-5-6-12-8-15(13(9-24)19(27)20(21,22)23)28-16-7-11(2)18(26)14(10-25)17(12)16/h7-10,24-25H,3-6,26-27H2,1-2H3. The average Bonchev–Trinajstić information content (AvgIpc) is 2.63. The van der Waals surface area contributed by atoms with Crippen molar-refractivity contribution in [3.8, 4) is 0 Å². The molecular formula is C20H24F3N5. The highest BCUT2D eigenvalue weighted by atomic mass is 19.4. The van der Waals surface area contributed by atoms with Gasteiger partial charge in [-0.1, -0.05) is 19.8 Å². The minimum Gasteiger partial charge on any atom is -0.398 e. The fourth-order valence-electron chi connectivity index (χ4n) is 3.16. The number of unbranched alkanes of at least 4 members (excludes halogenated alkanes) is 2. The molecule has 0 aliphatic rings. The van der Waals surface area contributed by atoms with Crippen LogP contribution in [-0.2, 0) is 6.42 Å². The minimum absolute atomic E-state index is 0.0103. The number of hydrogen-bond acceptors (Lipinski definition) is 5. The molecule has 0 atom stereocenters. The number of allylic oxidation sites excluding steroid dienone is 2. The second-order valence-electron chi connectivity index (χ2n) is 6.65. The predicted octanol–water partition coefficient (Wildman–Crippen LogP) is 4.74. The maximum Gasteiger partial charge on any atom is 0.431 e. The molecule has 1 aromatic heterocycles. The highest BCUT2D eigenvalue weighted by Gasteiger charge is 2.34. The molecular weight excluding hydrogens is 367 g/mol. The van der Waals surface area contributed by atoms with E-state index in [0.29, 0.717) is 40.4 Å². The number of aromatic nitrogens is 1. The van der Waals surface area contributed by atoms with Crippen LogP contribution in [0.2, 0.25) is 0 Å². The number of hydrogen-bond donors (Lipinski definition) is 4. The van der Waals surface area contributed by atoms with Gasteiger partial charge >= 0.3 is 6.18 Å². The summed E-state index contributed by atoms with van der Waals surface area (Å²) in [4.78, 5) is 4.33. The normalized spacial score (nSPS) is 12.8. The van der Waals surface area contributed by atoms with Gasteiger partial charge in [0.05, 0.1) is 11.2 Å². The van der Waals surface area contributed by atoms with Crippen molar-refractivity contribution in [3.05, 3.63) is 40.2 Å². The number of anilines is 1. The Morgan fingerprint density at radius 2 is 1.89 bits per heavy atom. The van der Waals surface area contributed by atoms with Gasteiger partial charge in [0.15, 0.2) is 0 Å². The van der Waals surface area contributed by atoms with E-state index >= 15 is 0 Å². The van der Waals surface area contributed by atoms with Gasteiger partial charge in [0.2, 0.25) is 0 Å². The summed E-state index contributed by atoms with van der Waals surface area (Å²) in [6.07, 6.45) is 0.336. The Bertz CT molecular complexity index is 945. The lowest BCUT2D eigenvalue weighted by atomic mass is 9.94. The second kappa shape index (κ2) is 8.41. The fourth-order valence-corrected chi connectivity index (χ4v) is 3.16. The number of pyridine rings is 1. The Morgan fingerprint density at radius 1 is 1.21 bits per heavy atom. The molecule has 0 unspecified atom stereocenters. The van der Waals surface area contributed by atoms with Crippen molar-refractivity contribution >= 4 is 34.6 Å². The van der Waals surface area contributed by atoms with E-state index in [4.69, 9.17) is 22.3 Å². The first kappa shape index (κ1) is 21.4. The van der Waals surface area contributed by atoms with Crippen LogP contribution in [0.1, 0.15) is 48.6 Å². The van der Waals surface area contributed by atoms with Crippen molar-refractivity contribution in [2.75, 3.05) is 5.73 Å². The van der Waals surface area contributed by atoms with E-state index < -0.39 is 17.4 Å². The molecule has 2 aromatic rings. The van der Waals surface area contributed by atoms with Crippen molar-refractivity contribution in [1.29, 1.82) is 10.8 Å². The lowest BCUT2D eigenvalue weighted by Crippen LogP contribution is -2.22. The minimum atomic E-state index is -4.76. The van der Waals surface area contributed by atoms with Crippen LogP contribution in [-0.4, -0.2) is 23.6 Å². The van der Waals surface area contributed by atoms with Crippen LogP contribution in [0.4, 0.5) is 18.9 Å². The molecule has 0 spiro atoms. The van der Waals surface area contributed by atoms with Crippen molar-refractivity contribution in [2.24, 2.45) is 5.73 Å². The number of nitrogens with zero attached hydrogens (tertiary/aromatic N) is 1. The first-order valence-corrected chi connectivity index (χ1v) is 8.96. The van der Waals surface area contributed by atoms with E-state index in [-0.39, 0.29) is 5.69 Å². The van der Waals surface area contributed by atoms with Crippen molar-refractivity contribution in [1.82, 2.24) is 4.98 Å². The zero-order valence-electron chi connectivity index (χ0n) is 15.9. The van der Waals surface area contributed by atoms with Crippen LogP contribution in [0.25, 0.3) is 16.5 Å². The second-order valence-corrected chi connectivity index (χ2v) is 6.65. The van der Waals surface area contributed by atoms with Crippen molar-refractivity contribution < 1.29 is 13.2 Å². The average molecular weight is 391 g/mol. The van der Waals surface area contributed by atoms with Gasteiger partial charge in [-0.25, -0.2) is 4.98 Å². The maximum absolute atomic E-state index is 13.1. The Balaban J connectivity index is 2.85. The number of fused-ring (bicyclic) bond motifs is 1. The molecule has 0 saturated heterocycles. The highest BCUT2D eigenvalue weighted by molar-refractivity contribution is 6.11. The summed E-state index contributed by atoms with van der Waals surface area (Å²) >= 11 is 0. The summed E-state index contributed by atoms with van der Waals surface area (Å²) < 4.78 is 39.3. The molecule has 1 heterocycles. The summed E-state index contributed by atoms with van der Waals surface area (Å²) in [5.41, 5.74) is 12.4. The SMILES string of the molecule is CCCCCc1cc(C(C=N)=C(N)C(F)(F)F)nc2cc(C)c(N)c(C=N)c12. The first-order valence-electron chi connectivity index (χ1n) is 8.96. The van der Waals surface area contributed by atoms with E-state index in [1.807, 2.05) is 0 Å². The number of halogens is 3. The number of nitrogens with two attached hydrogens (primary N) is 2. The number of aryl methyl sites for hydroxylation is 2. The van der Waals surface area contributed by atoms with E-state index in [1.165, 1.54) is 6.07 Å². The van der Waals surface area contributed by atoms with Crippen LogP contribution in [0.15, 0.2) is 17.8 Å². The molecule has 1 aromatic carbocycles. The number of alkyl halides is 3. The topological polar surface area (TPSA) is 113 Å². The lowest BCUT2D eigenvalue weighted by Gasteiger charge is -2.16. The van der Waals surface area contributed by atoms with Crippen LogP contribution in [0.5, 0.6) is 0 Å². The highest BCUT2D eigenvalue weighted by Crippen LogP contribution is 2.33. The number of nitrogens with one attached hydrogen (secondary N) is 2. The van der Waals surface area contributed by atoms with Crippen LogP contribution in [0.3, 0.4) is 0 Å². The van der Waals surface area contributed by atoms with E-state index in [9.17, 15) is 13.2 Å². The predicted molar refractivity (Wildman–Crippen MR) is 108 cm³/mol. The summed E-state index contributed by atoms with van der Waals surface area (Å²) in [6.45, 7) is 3.81. The molecule has 28 heavy (non-hydrogen) atoms. The third-order valence-corrected chi connectivity index (χ3v) is 4.68. The first-order chi connectivity index (χ1) is 13.1. The quantitative estimate of drug-likeness (QED) is 0.311. The number of benzene rings is 1. The molecule has 0 bridgehead atoms. The van der Waals surface area contributed by atoms with Gasteiger partial charge in [0.1, 0.15) is 5.70 Å². The zero-order chi connectivity index (χ0) is 21.1. The van der Waals surface area contributed by atoms with Crippen molar-refractivity contribution in [2.45, 2.75) is 45.7 Å². The zero-order valence-corrected chi connectivity index (χ0v) is 15.9. The molecule has 2 rings (SSSR count). The number of rotatable bonds is 7. The monoisotopic (exact) mass is 391 g/mol.